The monoisotopic (exact) mass is 286 g/mol. The predicted octanol–water partition coefficient (Wildman–Crippen LogP) is -1.08. The number of aliphatic hydroxyl groups is 5. The van der Waals surface area contributed by atoms with Crippen molar-refractivity contribution in [3.8, 4) is 0 Å². The fraction of sp³-hybridized carbons (Fsp3) is 0.615. The van der Waals surface area contributed by atoms with Crippen LogP contribution in [0.4, 0.5) is 0 Å². The van der Waals surface area contributed by atoms with Gasteiger partial charge in [0.25, 0.3) is 5.91 Å². The fourth-order valence-corrected chi connectivity index (χ4v) is 2.26. The molecule has 5 N–H and O–H groups in total. The zero-order chi connectivity index (χ0) is 15.8. The molecule has 1 aliphatic heterocycles. The molecule has 0 aromatic rings. The van der Waals surface area contributed by atoms with Gasteiger partial charge in [-0.25, -0.2) is 4.90 Å². The van der Waals surface area contributed by atoms with Gasteiger partial charge in [-0.05, 0) is 32.9 Å². The van der Waals surface area contributed by atoms with Crippen LogP contribution in [-0.4, -0.2) is 67.0 Å². The molecule has 1 aliphatic rings. The van der Waals surface area contributed by atoms with Crippen molar-refractivity contribution >= 4 is 6.21 Å². The van der Waals surface area contributed by atoms with E-state index in [2.05, 4.69) is 11.6 Å². The molecule has 0 aromatic heterocycles. The van der Waals surface area contributed by atoms with Crippen LogP contribution in [-0.2, 0) is 0 Å². The molecule has 114 valence electrons. The molecule has 1 fully saturated rings. The number of rotatable bonds is 4. The molecule has 0 radical (unpaired) electrons. The van der Waals surface area contributed by atoms with Crippen molar-refractivity contribution in [1.82, 2.24) is 4.90 Å². The molecule has 20 heavy (non-hydrogen) atoms. The highest BCUT2D eigenvalue weighted by Gasteiger charge is 2.72. The van der Waals surface area contributed by atoms with Crippen LogP contribution >= 0.6 is 0 Å². The van der Waals surface area contributed by atoms with Gasteiger partial charge >= 0.3 is 0 Å². The first kappa shape index (κ1) is 17.0. The average Bonchev–Trinajstić information content (AvgIpc) is 2.44. The standard InChI is InChI=1S/C13H22N2O5/c1-5-9(8-14-6-2)7-10-12(17,18)11(3,16)13(19,20)15(10)4/h5-6,8,10,16-20H,1,7H2,2-4H3/b9-8+,14-6?. The smallest absolute Gasteiger partial charge is 0.260 e. The maximum atomic E-state index is 10.1. The lowest BCUT2D eigenvalue weighted by Crippen LogP contribution is -2.63. The molecule has 0 saturated carbocycles. The van der Waals surface area contributed by atoms with Gasteiger partial charge in [-0.2, -0.15) is 0 Å². The van der Waals surface area contributed by atoms with Crippen molar-refractivity contribution in [1.29, 1.82) is 0 Å². The Labute approximate surface area is 117 Å². The highest BCUT2D eigenvalue weighted by atomic mass is 16.6. The van der Waals surface area contributed by atoms with Crippen LogP contribution in [0, 0.1) is 0 Å². The summed E-state index contributed by atoms with van der Waals surface area (Å²) < 4.78 is 0. The molecular weight excluding hydrogens is 264 g/mol. The minimum Gasteiger partial charge on any atom is -0.378 e. The Morgan fingerprint density at radius 2 is 1.85 bits per heavy atom. The summed E-state index contributed by atoms with van der Waals surface area (Å²) in [7, 11) is 1.27. The van der Waals surface area contributed by atoms with Gasteiger partial charge in [-0.3, -0.25) is 4.99 Å². The number of likely N-dealkylation sites (tertiary alicyclic amines) is 1. The second-order valence-corrected chi connectivity index (χ2v) is 5.08. The van der Waals surface area contributed by atoms with Gasteiger partial charge < -0.3 is 25.5 Å². The maximum absolute atomic E-state index is 10.1. The lowest BCUT2D eigenvalue weighted by Gasteiger charge is -2.36. The largest absolute Gasteiger partial charge is 0.378 e. The van der Waals surface area contributed by atoms with Gasteiger partial charge in [0.2, 0.25) is 5.79 Å². The van der Waals surface area contributed by atoms with Crippen LogP contribution < -0.4 is 0 Å². The first-order valence-electron chi connectivity index (χ1n) is 6.18. The van der Waals surface area contributed by atoms with Crippen molar-refractivity contribution in [2.75, 3.05) is 7.05 Å². The van der Waals surface area contributed by atoms with Gasteiger partial charge in [0, 0.05) is 12.4 Å². The Kier molecular flexibility index (Phi) is 4.55. The molecule has 7 nitrogen and oxygen atoms in total. The third-order valence-electron chi connectivity index (χ3n) is 3.87. The second-order valence-electron chi connectivity index (χ2n) is 5.08. The number of nitrogens with zero attached hydrogens (tertiary/aromatic N) is 2. The molecule has 0 aliphatic carbocycles. The Hall–Kier alpha value is -1.09. The molecule has 2 unspecified atom stereocenters. The number of likely N-dealkylation sites (N-methyl/N-ethyl adjacent to an activating group) is 1. The van der Waals surface area contributed by atoms with Crippen molar-refractivity contribution in [2.45, 2.75) is 43.6 Å². The van der Waals surface area contributed by atoms with Gasteiger partial charge in [0.05, 0.1) is 6.04 Å². The molecule has 2 atom stereocenters. The van der Waals surface area contributed by atoms with E-state index in [-0.39, 0.29) is 6.42 Å². The Morgan fingerprint density at radius 1 is 1.30 bits per heavy atom. The molecule has 0 bridgehead atoms. The number of hydrogen-bond donors (Lipinski definition) is 5. The number of allylic oxidation sites excluding steroid dienone is 1. The van der Waals surface area contributed by atoms with Crippen LogP contribution in [0.3, 0.4) is 0 Å². The average molecular weight is 286 g/mol. The van der Waals surface area contributed by atoms with Crippen LogP contribution in [0.1, 0.15) is 20.3 Å². The van der Waals surface area contributed by atoms with Gasteiger partial charge in [0.1, 0.15) is 0 Å². The summed E-state index contributed by atoms with van der Waals surface area (Å²) in [6.45, 7) is 6.26. The Bertz CT molecular complexity index is 440. The summed E-state index contributed by atoms with van der Waals surface area (Å²) in [5.74, 6) is -5.50. The van der Waals surface area contributed by atoms with Crippen molar-refractivity contribution < 1.29 is 25.5 Å². The molecule has 0 aromatic carbocycles. The summed E-state index contributed by atoms with van der Waals surface area (Å²) in [5, 5.41) is 50.0. The Morgan fingerprint density at radius 3 is 2.20 bits per heavy atom. The van der Waals surface area contributed by atoms with Crippen LogP contribution in [0.25, 0.3) is 0 Å². The van der Waals surface area contributed by atoms with Crippen LogP contribution in [0.15, 0.2) is 29.4 Å². The summed E-state index contributed by atoms with van der Waals surface area (Å²) >= 11 is 0. The molecule has 1 rings (SSSR count). The molecule has 1 heterocycles. The van der Waals surface area contributed by atoms with E-state index in [1.54, 1.807) is 13.1 Å². The molecule has 7 heteroatoms. The molecular formula is C13H22N2O5. The summed E-state index contributed by atoms with van der Waals surface area (Å²) in [6, 6.07) is -1.15. The van der Waals surface area contributed by atoms with Crippen molar-refractivity contribution in [3.63, 3.8) is 0 Å². The Balaban J connectivity index is 3.16. The highest BCUT2D eigenvalue weighted by Crippen LogP contribution is 2.45. The predicted molar refractivity (Wildman–Crippen MR) is 73.6 cm³/mol. The molecule has 0 spiro atoms. The quantitative estimate of drug-likeness (QED) is 0.255. The first-order chi connectivity index (χ1) is 9.04. The van der Waals surface area contributed by atoms with E-state index in [0.717, 1.165) is 11.8 Å². The van der Waals surface area contributed by atoms with Gasteiger partial charge in [0.15, 0.2) is 5.60 Å². The van der Waals surface area contributed by atoms with E-state index in [4.69, 9.17) is 0 Å². The van der Waals surface area contributed by atoms with Gasteiger partial charge in [-0.15, -0.1) is 0 Å². The normalized spacial score (nSPS) is 33.8. The van der Waals surface area contributed by atoms with E-state index in [1.165, 1.54) is 19.3 Å². The second kappa shape index (κ2) is 5.36. The van der Waals surface area contributed by atoms with Crippen LogP contribution in [0.5, 0.6) is 0 Å². The third-order valence-corrected chi connectivity index (χ3v) is 3.87. The summed E-state index contributed by atoms with van der Waals surface area (Å²) in [6.07, 6.45) is 4.51. The highest BCUT2D eigenvalue weighted by molar-refractivity contribution is 5.54. The number of aliphatic imine (C=N–C) groups is 1. The molecule has 0 amide bonds. The van der Waals surface area contributed by atoms with Crippen LogP contribution in [0.2, 0.25) is 0 Å². The van der Waals surface area contributed by atoms with E-state index in [1.807, 2.05) is 0 Å². The summed E-state index contributed by atoms with van der Waals surface area (Å²) in [4.78, 5) is 4.81. The zero-order valence-corrected chi connectivity index (χ0v) is 11.9. The number of hydrogen-bond acceptors (Lipinski definition) is 7. The lowest BCUT2D eigenvalue weighted by molar-refractivity contribution is -0.355. The van der Waals surface area contributed by atoms with E-state index >= 15 is 0 Å². The minimum absolute atomic E-state index is 0.0172. The van der Waals surface area contributed by atoms with Crippen molar-refractivity contribution in [2.24, 2.45) is 4.99 Å². The lowest BCUT2D eigenvalue weighted by atomic mass is 9.89. The third kappa shape index (κ3) is 2.32. The van der Waals surface area contributed by atoms with E-state index < -0.39 is 23.3 Å². The SMILES string of the molecule is C=C/C(=C\N=CC)CC1N(C)C(O)(O)C(C)(O)C1(O)O. The maximum Gasteiger partial charge on any atom is 0.260 e. The molecule has 1 saturated heterocycles. The summed E-state index contributed by atoms with van der Waals surface area (Å²) in [5.41, 5.74) is -1.99. The van der Waals surface area contributed by atoms with Gasteiger partial charge in [-0.1, -0.05) is 12.7 Å². The fourth-order valence-electron chi connectivity index (χ4n) is 2.26. The van der Waals surface area contributed by atoms with E-state index in [0.29, 0.717) is 5.57 Å². The first-order valence-corrected chi connectivity index (χ1v) is 6.18. The van der Waals surface area contributed by atoms with E-state index in [9.17, 15) is 25.5 Å². The topological polar surface area (TPSA) is 117 Å². The van der Waals surface area contributed by atoms with Crippen molar-refractivity contribution in [3.05, 3.63) is 24.4 Å². The minimum atomic E-state index is -2.78. The zero-order valence-electron chi connectivity index (χ0n) is 11.9.